The van der Waals surface area contributed by atoms with E-state index in [0.717, 1.165) is 0 Å². The largest absolute Gasteiger partial charge is 0.0584 e. The van der Waals surface area contributed by atoms with Gasteiger partial charge in [0.1, 0.15) is 0 Å². The quantitative estimate of drug-likeness (QED) is 0.598. The van der Waals surface area contributed by atoms with Gasteiger partial charge in [0.05, 0.1) is 0 Å². The lowest BCUT2D eigenvalue weighted by Gasteiger charge is -2.28. The molecule has 0 bridgehead atoms. The highest BCUT2D eigenvalue weighted by molar-refractivity contribution is 5.49. The average molecular weight is 216 g/mol. The van der Waals surface area contributed by atoms with E-state index in [2.05, 4.69) is 53.7 Å². The second kappa shape index (κ2) is 3.35. The van der Waals surface area contributed by atoms with Crippen molar-refractivity contribution in [2.24, 2.45) is 0 Å². The van der Waals surface area contributed by atoms with Gasteiger partial charge in [-0.25, -0.2) is 0 Å². The Morgan fingerprint density at radius 2 is 1.75 bits per heavy atom. The molecule has 0 spiro atoms. The molecular formula is C16H24. The Morgan fingerprint density at radius 1 is 1.12 bits per heavy atom. The number of hydrogen-bond acceptors (Lipinski definition) is 0. The monoisotopic (exact) mass is 216 g/mol. The van der Waals surface area contributed by atoms with Gasteiger partial charge in [0.25, 0.3) is 0 Å². The van der Waals surface area contributed by atoms with Crippen molar-refractivity contribution in [3.8, 4) is 0 Å². The van der Waals surface area contributed by atoms with E-state index >= 15 is 0 Å². The van der Waals surface area contributed by atoms with Gasteiger partial charge < -0.3 is 0 Å². The fraction of sp³-hybridized carbons (Fsp3) is 0.625. The Bertz CT molecular complexity index is 416. The Labute approximate surface area is 100 Å². The number of fused-ring (bicyclic) bond motifs is 1. The van der Waals surface area contributed by atoms with Crippen LogP contribution in [0.5, 0.6) is 0 Å². The summed E-state index contributed by atoms with van der Waals surface area (Å²) in [6.07, 6.45) is 2.56. The van der Waals surface area contributed by atoms with Gasteiger partial charge in [-0.3, -0.25) is 0 Å². The maximum Gasteiger partial charge on any atom is -0.00949 e. The summed E-state index contributed by atoms with van der Waals surface area (Å²) in [5.41, 5.74) is 6.89. The highest BCUT2D eigenvalue weighted by atomic mass is 14.4. The molecule has 1 aromatic rings. The van der Waals surface area contributed by atoms with E-state index < -0.39 is 0 Å². The van der Waals surface area contributed by atoms with Crippen LogP contribution in [-0.4, -0.2) is 0 Å². The topological polar surface area (TPSA) is 0 Å². The normalized spacial score (nSPS) is 18.6. The van der Waals surface area contributed by atoms with Gasteiger partial charge in [-0.1, -0.05) is 46.8 Å². The van der Waals surface area contributed by atoms with E-state index in [-0.39, 0.29) is 5.41 Å². The van der Waals surface area contributed by atoms with Gasteiger partial charge in [0.2, 0.25) is 0 Å². The number of hydrogen-bond donors (Lipinski definition) is 0. The molecule has 0 heterocycles. The highest BCUT2D eigenvalue weighted by Gasteiger charge is 2.33. The van der Waals surface area contributed by atoms with Gasteiger partial charge in [0.15, 0.2) is 0 Å². The molecule has 0 nitrogen and oxygen atoms in total. The number of benzene rings is 1. The third-order valence-electron chi connectivity index (χ3n) is 4.06. The first kappa shape index (κ1) is 11.7. The van der Waals surface area contributed by atoms with Crippen molar-refractivity contribution >= 4 is 0 Å². The molecule has 0 amide bonds. The van der Waals surface area contributed by atoms with Crippen LogP contribution in [0.1, 0.15) is 63.3 Å². The van der Waals surface area contributed by atoms with Crippen molar-refractivity contribution in [1.82, 2.24) is 0 Å². The highest BCUT2D eigenvalue weighted by Crippen LogP contribution is 2.43. The molecule has 0 unspecified atom stereocenters. The fourth-order valence-corrected chi connectivity index (χ4v) is 3.30. The van der Waals surface area contributed by atoms with Gasteiger partial charge >= 0.3 is 0 Å². The molecule has 0 saturated carbocycles. The zero-order chi connectivity index (χ0) is 12.1. The van der Waals surface area contributed by atoms with Crippen LogP contribution in [0.4, 0.5) is 0 Å². The summed E-state index contributed by atoms with van der Waals surface area (Å²) in [5.74, 6) is 0. The van der Waals surface area contributed by atoms with Gasteiger partial charge in [-0.05, 0) is 52.8 Å². The predicted molar refractivity (Wildman–Crippen MR) is 71.2 cm³/mol. The predicted octanol–water partition coefficient (Wildman–Crippen LogP) is 4.52. The van der Waals surface area contributed by atoms with E-state index in [1.807, 2.05) is 0 Å². The molecule has 1 aliphatic rings. The SMILES string of the molecule is Cc1c(C(C)(C)C)ccc2c1C(C)(C)CC2. The molecule has 0 atom stereocenters. The summed E-state index contributed by atoms with van der Waals surface area (Å²) in [6, 6.07) is 4.70. The lowest BCUT2D eigenvalue weighted by atomic mass is 9.77. The second-order valence-corrected chi connectivity index (χ2v) is 6.91. The molecule has 0 heteroatoms. The van der Waals surface area contributed by atoms with E-state index in [4.69, 9.17) is 0 Å². The molecule has 0 radical (unpaired) electrons. The molecule has 0 aliphatic heterocycles. The summed E-state index contributed by atoms with van der Waals surface area (Å²) in [4.78, 5) is 0. The summed E-state index contributed by atoms with van der Waals surface area (Å²) < 4.78 is 0. The maximum absolute atomic E-state index is 2.39. The summed E-state index contributed by atoms with van der Waals surface area (Å²) in [6.45, 7) is 14.0. The Hall–Kier alpha value is -0.780. The first-order valence-electron chi connectivity index (χ1n) is 6.37. The zero-order valence-corrected chi connectivity index (χ0v) is 11.6. The minimum Gasteiger partial charge on any atom is -0.0584 e. The van der Waals surface area contributed by atoms with Crippen molar-refractivity contribution in [3.63, 3.8) is 0 Å². The Morgan fingerprint density at radius 3 is 2.31 bits per heavy atom. The maximum atomic E-state index is 2.39. The minimum atomic E-state index is 0.262. The molecule has 16 heavy (non-hydrogen) atoms. The summed E-state index contributed by atoms with van der Waals surface area (Å²) in [7, 11) is 0. The van der Waals surface area contributed by atoms with Crippen LogP contribution in [0.3, 0.4) is 0 Å². The first-order chi connectivity index (χ1) is 7.23. The van der Waals surface area contributed by atoms with Crippen molar-refractivity contribution in [2.45, 2.75) is 65.2 Å². The second-order valence-electron chi connectivity index (χ2n) is 6.91. The van der Waals surface area contributed by atoms with Gasteiger partial charge in [-0.2, -0.15) is 0 Å². The van der Waals surface area contributed by atoms with Crippen molar-refractivity contribution in [3.05, 3.63) is 34.4 Å². The van der Waals surface area contributed by atoms with E-state index in [0.29, 0.717) is 5.41 Å². The van der Waals surface area contributed by atoms with Crippen LogP contribution in [0.2, 0.25) is 0 Å². The van der Waals surface area contributed by atoms with Crippen LogP contribution >= 0.6 is 0 Å². The van der Waals surface area contributed by atoms with Crippen molar-refractivity contribution < 1.29 is 0 Å². The lowest BCUT2D eigenvalue weighted by molar-refractivity contribution is 0.515. The molecule has 2 rings (SSSR count). The average Bonchev–Trinajstić information content (AvgIpc) is 2.41. The van der Waals surface area contributed by atoms with Gasteiger partial charge in [-0.15, -0.1) is 0 Å². The van der Waals surface area contributed by atoms with Crippen molar-refractivity contribution in [2.75, 3.05) is 0 Å². The van der Waals surface area contributed by atoms with E-state index in [9.17, 15) is 0 Å². The zero-order valence-electron chi connectivity index (χ0n) is 11.6. The molecule has 0 N–H and O–H groups in total. The minimum absolute atomic E-state index is 0.262. The first-order valence-corrected chi connectivity index (χ1v) is 6.37. The molecule has 1 aromatic carbocycles. The fourth-order valence-electron chi connectivity index (χ4n) is 3.30. The molecular weight excluding hydrogens is 192 g/mol. The Balaban J connectivity index is 2.65. The Kier molecular flexibility index (Phi) is 2.45. The molecule has 88 valence electrons. The molecule has 0 saturated heterocycles. The number of aryl methyl sites for hydroxylation is 1. The van der Waals surface area contributed by atoms with Crippen molar-refractivity contribution in [1.29, 1.82) is 0 Å². The molecule has 0 aromatic heterocycles. The lowest BCUT2D eigenvalue weighted by Crippen LogP contribution is -2.19. The van der Waals surface area contributed by atoms with Crippen LogP contribution < -0.4 is 0 Å². The van der Waals surface area contributed by atoms with Crippen LogP contribution in [0, 0.1) is 6.92 Å². The van der Waals surface area contributed by atoms with E-state index in [1.165, 1.54) is 24.0 Å². The van der Waals surface area contributed by atoms with Crippen LogP contribution in [0.25, 0.3) is 0 Å². The standard InChI is InChI=1S/C16H24/c1-11-13(15(2,3)4)8-7-12-9-10-16(5,6)14(11)12/h7-8H,9-10H2,1-6H3. The third kappa shape index (κ3) is 1.69. The van der Waals surface area contributed by atoms with E-state index in [1.54, 1.807) is 11.1 Å². The van der Waals surface area contributed by atoms with Crippen LogP contribution in [-0.2, 0) is 17.3 Å². The van der Waals surface area contributed by atoms with Crippen LogP contribution in [0.15, 0.2) is 12.1 Å². The third-order valence-corrected chi connectivity index (χ3v) is 4.06. The summed E-state index contributed by atoms with van der Waals surface area (Å²) in [5, 5.41) is 0. The smallest absolute Gasteiger partial charge is 0.00949 e. The number of rotatable bonds is 0. The molecule has 0 fully saturated rings. The molecule has 1 aliphatic carbocycles. The van der Waals surface area contributed by atoms with Gasteiger partial charge in [0, 0.05) is 0 Å². The summed E-state index contributed by atoms with van der Waals surface area (Å²) >= 11 is 0.